The number of aryl methyl sites for hydroxylation is 1. The fourth-order valence-corrected chi connectivity index (χ4v) is 4.36. The van der Waals surface area contributed by atoms with Gasteiger partial charge in [0.05, 0.1) is 16.9 Å². The molecule has 1 fully saturated rings. The number of aromatic nitrogens is 3. The lowest BCUT2D eigenvalue weighted by molar-refractivity contribution is 0.102. The molecule has 7 heteroatoms. The van der Waals surface area contributed by atoms with E-state index >= 15 is 0 Å². The maximum absolute atomic E-state index is 12.4. The molecule has 1 aliphatic rings. The van der Waals surface area contributed by atoms with Crippen molar-refractivity contribution in [3.05, 3.63) is 71.9 Å². The number of rotatable bonds is 4. The van der Waals surface area contributed by atoms with Crippen LogP contribution >= 0.6 is 0 Å². The third kappa shape index (κ3) is 3.71. The first kappa shape index (κ1) is 20.2. The van der Waals surface area contributed by atoms with Crippen molar-refractivity contribution in [2.75, 3.05) is 24.1 Å². The molecule has 1 atom stereocenters. The minimum absolute atomic E-state index is 0.137. The van der Waals surface area contributed by atoms with E-state index in [1.165, 1.54) is 0 Å². The predicted octanol–water partition coefficient (Wildman–Crippen LogP) is 4.17. The third-order valence-electron chi connectivity index (χ3n) is 6.01. The number of anilines is 2. The highest BCUT2D eigenvalue weighted by atomic mass is 16.1. The van der Waals surface area contributed by atoms with Gasteiger partial charge in [0.1, 0.15) is 11.5 Å². The zero-order valence-electron chi connectivity index (χ0n) is 18.0. The van der Waals surface area contributed by atoms with E-state index in [4.69, 9.17) is 10.8 Å². The number of amides is 1. The highest BCUT2D eigenvalue weighted by Crippen LogP contribution is 2.36. The molecule has 7 nitrogen and oxygen atoms in total. The minimum atomic E-state index is -0.137. The van der Waals surface area contributed by atoms with Gasteiger partial charge in [-0.3, -0.25) is 9.48 Å². The van der Waals surface area contributed by atoms with E-state index in [0.717, 1.165) is 59.3 Å². The Balaban J connectivity index is 1.50. The molecule has 2 aromatic heterocycles. The summed E-state index contributed by atoms with van der Waals surface area (Å²) in [6, 6.07) is 17.2. The van der Waals surface area contributed by atoms with Gasteiger partial charge in [-0.05, 0) is 56.1 Å². The summed E-state index contributed by atoms with van der Waals surface area (Å²) in [4.78, 5) is 16.8. The van der Waals surface area contributed by atoms with Crippen molar-refractivity contribution in [1.82, 2.24) is 20.1 Å². The summed E-state index contributed by atoms with van der Waals surface area (Å²) in [7, 11) is 0. The van der Waals surface area contributed by atoms with Crippen LogP contribution < -0.4 is 16.4 Å². The molecule has 4 aromatic rings. The predicted molar refractivity (Wildman–Crippen MR) is 128 cm³/mol. The second-order valence-electron chi connectivity index (χ2n) is 8.24. The molecular weight excluding hydrogens is 400 g/mol. The maximum atomic E-state index is 12.4. The molecule has 1 unspecified atom stereocenters. The van der Waals surface area contributed by atoms with Crippen molar-refractivity contribution in [2.45, 2.75) is 25.8 Å². The number of benzene rings is 2. The lowest BCUT2D eigenvalue weighted by Gasteiger charge is -2.24. The Kier molecular flexibility index (Phi) is 5.33. The van der Waals surface area contributed by atoms with Gasteiger partial charge in [-0.2, -0.15) is 5.10 Å². The maximum Gasteiger partial charge on any atom is 0.255 e. The summed E-state index contributed by atoms with van der Waals surface area (Å²) in [6.45, 7) is 3.99. The normalized spacial score (nSPS) is 16.2. The Hall–Kier alpha value is -3.71. The number of nitrogens with two attached hydrogens (primary N) is 1. The number of pyridine rings is 1. The van der Waals surface area contributed by atoms with Crippen molar-refractivity contribution in [2.24, 2.45) is 0 Å². The number of carbonyl (C=O) groups excluding carboxylic acids is 1. The number of nitrogens with one attached hydrogen (secondary N) is 2. The molecule has 162 valence electrons. The van der Waals surface area contributed by atoms with Gasteiger partial charge in [-0.15, -0.1) is 0 Å². The molecule has 0 aliphatic carbocycles. The van der Waals surface area contributed by atoms with Crippen LogP contribution in [-0.2, 0) is 0 Å². The number of nitrogen functional groups attached to an aromatic ring is 1. The molecular formula is C25H26N6O. The second-order valence-corrected chi connectivity index (χ2v) is 8.24. The molecule has 1 saturated heterocycles. The summed E-state index contributed by atoms with van der Waals surface area (Å²) in [6.07, 6.45) is 4.02. The van der Waals surface area contributed by atoms with E-state index in [2.05, 4.69) is 27.2 Å². The Morgan fingerprint density at radius 2 is 1.94 bits per heavy atom. The first-order chi connectivity index (χ1) is 15.6. The van der Waals surface area contributed by atoms with Gasteiger partial charge in [0.2, 0.25) is 0 Å². The molecule has 5 rings (SSSR count). The van der Waals surface area contributed by atoms with E-state index in [-0.39, 0.29) is 11.9 Å². The average molecular weight is 427 g/mol. The van der Waals surface area contributed by atoms with Gasteiger partial charge in [0.15, 0.2) is 0 Å². The van der Waals surface area contributed by atoms with Crippen LogP contribution in [0.3, 0.4) is 0 Å². The largest absolute Gasteiger partial charge is 0.383 e. The molecule has 4 N–H and O–H groups in total. The van der Waals surface area contributed by atoms with Crippen LogP contribution in [0.5, 0.6) is 0 Å². The van der Waals surface area contributed by atoms with E-state index < -0.39 is 0 Å². The van der Waals surface area contributed by atoms with Crippen LogP contribution in [-0.4, -0.2) is 33.8 Å². The van der Waals surface area contributed by atoms with Crippen LogP contribution in [0.4, 0.5) is 11.5 Å². The van der Waals surface area contributed by atoms with Gasteiger partial charge in [-0.1, -0.05) is 30.3 Å². The standard InChI is InChI=1S/C25H26N6O/c1-16-14-28-24(26)21-22(30-31(23(16)21)20-8-5-13-27-15-20)17-9-11-19(12-10-17)29-25(32)18-6-3-2-4-7-18/h2-4,6-7,9-12,14,20,27H,5,8,13,15H2,1H3,(H2,26,28)(H,29,32). The van der Waals surface area contributed by atoms with Gasteiger partial charge < -0.3 is 16.4 Å². The highest BCUT2D eigenvalue weighted by molar-refractivity contribution is 6.05. The molecule has 1 amide bonds. The average Bonchev–Trinajstić information content (AvgIpc) is 3.25. The number of fused-ring (bicyclic) bond motifs is 1. The molecule has 1 aliphatic heterocycles. The van der Waals surface area contributed by atoms with Crippen LogP contribution in [0.2, 0.25) is 0 Å². The smallest absolute Gasteiger partial charge is 0.255 e. The zero-order valence-corrected chi connectivity index (χ0v) is 18.0. The Bertz CT molecular complexity index is 1260. The van der Waals surface area contributed by atoms with Gasteiger partial charge >= 0.3 is 0 Å². The molecule has 2 aromatic carbocycles. The highest BCUT2D eigenvalue weighted by Gasteiger charge is 2.24. The summed E-state index contributed by atoms with van der Waals surface area (Å²) < 4.78 is 2.12. The number of hydrogen-bond acceptors (Lipinski definition) is 5. The topological polar surface area (TPSA) is 97.9 Å². The molecule has 0 bridgehead atoms. The van der Waals surface area contributed by atoms with Gasteiger partial charge in [0, 0.05) is 29.6 Å². The first-order valence-corrected chi connectivity index (χ1v) is 10.9. The SMILES string of the molecule is Cc1cnc(N)c2c(-c3ccc(NC(=O)c4ccccc4)cc3)nn(C3CCCNC3)c12. The van der Waals surface area contributed by atoms with E-state index in [0.29, 0.717) is 11.4 Å². The molecule has 3 heterocycles. The number of hydrogen-bond donors (Lipinski definition) is 3. The number of nitrogens with zero attached hydrogens (tertiary/aromatic N) is 3. The van der Waals surface area contributed by atoms with Gasteiger partial charge in [-0.25, -0.2) is 4.98 Å². The van der Waals surface area contributed by atoms with E-state index in [1.807, 2.05) is 48.7 Å². The minimum Gasteiger partial charge on any atom is -0.383 e. The molecule has 0 saturated carbocycles. The second kappa shape index (κ2) is 8.43. The van der Waals surface area contributed by atoms with Crippen molar-refractivity contribution in [1.29, 1.82) is 0 Å². The summed E-state index contributed by atoms with van der Waals surface area (Å²) in [5.74, 6) is 0.346. The third-order valence-corrected chi connectivity index (χ3v) is 6.01. The van der Waals surface area contributed by atoms with Crippen LogP contribution in [0, 0.1) is 6.92 Å². The van der Waals surface area contributed by atoms with E-state index in [9.17, 15) is 4.79 Å². The Morgan fingerprint density at radius 3 is 2.66 bits per heavy atom. The monoisotopic (exact) mass is 426 g/mol. The molecule has 0 radical (unpaired) electrons. The first-order valence-electron chi connectivity index (χ1n) is 10.9. The fourth-order valence-electron chi connectivity index (χ4n) is 4.36. The van der Waals surface area contributed by atoms with Crippen molar-refractivity contribution < 1.29 is 4.79 Å². The molecule has 32 heavy (non-hydrogen) atoms. The van der Waals surface area contributed by atoms with Crippen molar-refractivity contribution in [3.8, 4) is 11.3 Å². The Morgan fingerprint density at radius 1 is 1.16 bits per heavy atom. The number of piperidine rings is 1. The lowest BCUT2D eigenvalue weighted by Crippen LogP contribution is -2.32. The van der Waals surface area contributed by atoms with Crippen molar-refractivity contribution >= 4 is 28.3 Å². The lowest BCUT2D eigenvalue weighted by atomic mass is 10.1. The van der Waals surface area contributed by atoms with Gasteiger partial charge in [0.25, 0.3) is 5.91 Å². The van der Waals surface area contributed by atoms with Crippen LogP contribution in [0.25, 0.3) is 22.2 Å². The summed E-state index contributed by atoms with van der Waals surface area (Å²) in [5.41, 5.74) is 11.5. The summed E-state index contributed by atoms with van der Waals surface area (Å²) in [5, 5.41) is 12.3. The number of carbonyl (C=O) groups is 1. The van der Waals surface area contributed by atoms with Crippen molar-refractivity contribution in [3.63, 3.8) is 0 Å². The van der Waals surface area contributed by atoms with Crippen LogP contribution in [0.15, 0.2) is 60.8 Å². The fraction of sp³-hybridized carbons (Fsp3) is 0.240. The molecule has 0 spiro atoms. The zero-order chi connectivity index (χ0) is 22.1. The quantitative estimate of drug-likeness (QED) is 0.455. The van der Waals surface area contributed by atoms with Crippen LogP contribution in [0.1, 0.15) is 34.8 Å². The van der Waals surface area contributed by atoms with E-state index in [1.54, 1.807) is 12.1 Å². The Labute approximate surface area is 186 Å². The summed E-state index contributed by atoms with van der Waals surface area (Å²) >= 11 is 0.